The van der Waals surface area contributed by atoms with Gasteiger partial charge in [0.1, 0.15) is 5.82 Å². The number of anilines is 1. The molecular formula is C12H13BrN2O2. The molecular weight excluding hydrogens is 284 g/mol. The smallest absolute Gasteiger partial charge is 0.232 e. The molecule has 0 aliphatic carbocycles. The number of pyridine rings is 1. The van der Waals surface area contributed by atoms with Gasteiger partial charge in [-0.3, -0.25) is 4.79 Å². The van der Waals surface area contributed by atoms with Gasteiger partial charge in [0.25, 0.3) is 0 Å². The predicted molar refractivity (Wildman–Crippen MR) is 66.8 cm³/mol. The van der Waals surface area contributed by atoms with Gasteiger partial charge in [0.2, 0.25) is 5.91 Å². The van der Waals surface area contributed by atoms with E-state index < -0.39 is 0 Å². The van der Waals surface area contributed by atoms with Crippen LogP contribution in [-0.4, -0.2) is 24.1 Å². The van der Waals surface area contributed by atoms with Crippen LogP contribution in [0.3, 0.4) is 0 Å². The maximum absolute atomic E-state index is 12.2. The molecule has 0 saturated carbocycles. The van der Waals surface area contributed by atoms with E-state index in [0.29, 0.717) is 19.0 Å². The van der Waals surface area contributed by atoms with Gasteiger partial charge in [0.15, 0.2) is 0 Å². The Labute approximate surface area is 108 Å². The highest BCUT2D eigenvalue weighted by Crippen LogP contribution is 2.40. The highest BCUT2D eigenvalue weighted by atomic mass is 79.9. The van der Waals surface area contributed by atoms with Crippen LogP contribution in [0.4, 0.5) is 5.82 Å². The van der Waals surface area contributed by atoms with Crippen molar-refractivity contribution in [3.8, 4) is 0 Å². The number of ether oxygens (including phenoxy) is 1. The molecule has 1 aromatic heterocycles. The molecule has 3 heterocycles. The van der Waals surface area contributed by atoms with Crippen molar-refractivity contribution < 1.29 is 9.53 Å². The van der Waals surface area contributed by atoms with E-state index in [2.05, 4.69) is 26.2 Å². The zero-order valence-electron chi connectivity index (χ0n) is 9.33. The van der Waals surface area contributed by atoms with Gasteiger partial charge in [-0.05, 0) is 46.8 Å². The van der Waals surface area contributed by atoms with Crippen molar-refractivity contribution in [1.29, 1.82) is 0 Å². The second kappa shape index (κ2) is 4.07. The van der Waals surface area contributed by atoms with Crippen LogP contribution in [0.25, 0.3) is 0 Å². The number of nitrogens with one attached hydrogen (secondary N) is 1. The Bertz CT molecular complexity index is 470. The Morgan fingerprint density at radius 2 is 2.18 bits per heavy atom. The first-order chi connectivity index (χ1) is 8.20. The fraction of sp³-hybridized carbons (Fsp3) is 0.500. The zero-order chi connectivity index (χ0) is 11.9. The number of halogens is 1. The Balaban J connectivity index is 1.98. The quantitative estimate of drug-likeness (QED) is 0.798. The van der Waals surface area contributed by atoms with Crippen LogP contribution in [0.15, 0.2) is 16.7 Å². The van der Waals surface area contributed by atoms with E-state index in [0.717, 1.165) is 29.3 Å². The molecule has 0 bridgehead atoms. The van der Waals surface area contributed by atoms with E-state index in [1.54, 1.807) is 6.20 Å². The Morgan fingerprint density at radius 3 is 2.94 bits per heavy atom. The van der Waals surface area contributed by atoms with Crippen LogP contribution in [0.5, 0.6) is 0 Å². The van der Waals surface area contributed by atoms with Gasteiger partial charge in [0.05, 0.1) is 5.41 Å². The minimum Gasteiger partial charge on any atom is -0.381 e. The Hall–Kier alpha value is -0.940. The molecule has 1 saturated heterocycles. The van der Waals surface area contributed by atoms with Crippen LogP contribution in [0, 0.1) is 5.41 Å². The first-order valence-corrected chi connectivity index (χ1v) is 6.53. The molecule has 1 aromatic rings. The number of carbonyl (C=O) groups excluding carboxylic acids is 1. The predicted octanol–water partition coefficient (Wildman–Crippen LogP) is 2.14. The molecule has 2 aliphatic heterocycles. The van der Waals surface area contributed by atoms with Crippen LogP contribution in [-0.2, 0) is 16.0 Å². The lowest BCUT2D eigenvalue weighted by atomic mass is 9.73. The zero-order valence-corrected chi connectivity index (χ0v) is 10.9. The van der Waals surface area contributed by atoms with Gasteiger partial charge < -0.3 is 10.1 Å². The van der Waals surface area contributed by atoms with Gasteiger partial charge in [-0.25, -0.2) is 4.98 Å². The van der Waals surface area contributed by atoms with Crippen LogP contribution in [0.1, 0.15) is 18.4 Å². The van der Waals surface area contributed by atoms with Gasteiger partial charge in [0, 0.05) is 23.9 Å². The Kier molecular flexibility index (Phi) is 2.67. The molecule has 1 N–H and O–H groups in total. The maximum atomic E-state index is 12.2. The number of rotatable bonds is 0. The molecule has 0 aromatic carbocycles. The lowest BCUT2D eigenvalue weighted by Crippen LogP contribution is -2.45. The summed E-state index contributed by atoms with van der Waals surface area (Å²) < 4.78 is 6.31. The number of nitrogens with zero attached hydrogens (tertiary/aromatic N) is 1. The number of aromatic nitrogens is 1. The van der Waals surface area contributed by atoms with Crippen LogP contribution >= 0.6 is 15.9 Å². The first kappa shape index (κ1) is 11.2. The van der Waals surface area contributed by atoms with Crippen LogP contribution < -0.4 is 5.32 Å². The highest BCUT2D eigenvalue weighted by Gasteiger charge is 2.43. The monoisotopic (exact) mass is 296 g/mol. The summed E-state index contributed by atoms with van der Waals surface area (Å²) in [6.07, 6.45) is 4.07. The first-order valence-electron chi connectivity index (χ1n) is 5.73. The van der Waals surface area contributed by atoms with E-state index in [9.17, 15) is 4.79 Å². The number of fused-ring (bicyclic) bond motifs is 1. The minimum atomic E-state index is -0.284. The third-order valence-electron chi connectivity index (χ3n) is 3.63. The number of carbonyl (C=O) groups is 1. The summed E-state index contributed by atoms with van der Waals surface area (Å²) in [6, 6.07) is 2.04. The second-order valence-corrected chi connectivity index (χ2v) is 5.60. The normalized spacial score (nSPS) is 22.1. The average molecular weight is 297 g/mol. The van der Waals surface area contributed by atoms with Gasteiger partial charge in [-0.15, -0.1) is 0 Å². The summed E-state index contributed by atoms with van der Waals surface area (Å²) in [5.74, 6) is 0.804. The van der Waals surface area contributed by atoms with E-state index in [1.165, 1.54) is 0 Å². The summed E-state index contributed by atoms with van der Waals surface area (Å²) in [5.41, 5.74) is 0.828. The molecule has 4 nitrogen and oxygen atoms in total. The third-order valence-corrected chi connectivity index (χ3v) is 4.06. The van der Waals surface area contributed by atoms with E-state index >= 15 is 0 Å². The fourth-order valence-corrected chi connectivity index (χ4v) is 2.96. The van der Waals surface area contributed by atoms with Crippen molar-refractivity contribution in [3.05, 3.63) is 22.3 Å². The number of hydrogen-bond acceptors (Lipinski definition) is 3. The maximum Gasteiger partial charge on any atom is 0.232 e. The molecule has 0 unspecified atom stereocenters. The molecule has 17 heavy (non-hydrogen) atoms. The largest absolute Gasteiger partial charge is 0.381 e. The van der Waals surface area contributed by atoms with Gasteiger partial charge in [-0.1, -0.05) is 0 Å². The van der Waals surface area contributed by atoms with Crippen molar-refractivity contribution in [1.82, 2.24) is 4.98 Å². The Morgan fingerprint density at radius 1 is 1.41 bits per heavy atom. The summed E-state index contributed by atoms with van der Waals surface area (Å²) in [6.45, 7) is 1.34. The SMILES string of the molecule is O=C1Nc2ncc(Br)cc2CC12CCOCC2. The second-order valence-electron chi connectivity index (χ2n) is 4.68. The van der Waals surface area contributed by atoms with Crippen molar-refractivity contribution in [2.45, 2.75) is 19.3 Å². The molecule has 2 aliphatic rings. The van der Waals surface area contributed by atoms with E-state index in [4.69, 9.17) is 4.74 Å². The summed E-state index contributed by atoms with van der Waals surface area (Å²) in [4.78, 5) is 16.4. The van der Waals surface area contributed by atoms with Gasteiger partial charge in [-0.2, -0.15) is 0 Å². The topological polar surface area (TPSA) is 51.2 Å². The molecule has 5 heteroatoms. The number of amides is 1. The molecule has 1 spiro atoms. The van der Waals surface area contributed by atoms with Crippen molar-refractivity contribution >= 4 is 27.7 Å². The standard InChI is InChI=1S/C12H13BrN2O2/c13-9-5-8-6-12(1-3-17-4-2-12)11(16)15-10(8)14-7-9/h5,7H,1-4,6H2,(H,14,15,16). The molecule has 0 radical (unpaired) electrons. The summed E-state index contributed by atoms with van der Waals surface area (Å²) >= 11 is 3.42. The molecule has 3 rings (SSSR count). The molecule has 1 amide bonds. The van der Waals surface area contributed by atoms with E-state index in [1.807, 2.05) is 6.07 Å². The van der Waals surface area contributed by atoms with Crippen molar-refractivity contribution in [2.24, 2.45) is 5.41 Å². The molecule has 90 valence electrons. The van der Waals surface area contributed by atoms with Crippen molar-refractivity contribution in [2.75, 3.05) is 18.5 Å². The highest BCUT2D eigenvalue weighted by molar-refractivity contribution is 9.10. The van der Waals surface area contributed by atoms with Gasteiger partial charge >= 0.3 is 0 Å². The summed E-state index contributed by atoms with van der Waals surface area (Å²) in [7, 11) is 0. The molecule has 0 atom stereocenters. The fourth-order valence-electron chi connectivity index (χ4n) is 2.58. The average Bonchev–Trinajstić information content (AvgIpc) is 2.32. The lowest BCUT2D eigenvalue weighted by molar-refractivity contribution is -0.131. The van der Waals surface area contributed by atoms with Crippen molar-refractivity contribution in [3.63, 3.8) is 0 Å². The van der Waals surface area contributed by atoms with Crippen LogP contribution in [0.2, 0.25) is 0 Å². The third kappa shape index (κ3) is 1.87. The summed E-state index contributed by atoms with van der Waals surface area (Å²) in [5, 5.41) is 2.92. The lowest BCUT2D eigenvalue weighted by Gasteiger charge is -2.39. The number of hydrogen-bond donors (Lipinski definition) is 1. The minimum absolute atomic E-state index is 0.100. The molecule has 1 fully saturated rings. The van der Waals surface area contributed by atoms with E-state index in [-0.39, 0.29) is 11.3 Å².